The number of carbonyl (C=O) groups excluding carboxylic acids is 3. The van der Waals surface area contributed by atoms with Gasteiger partial charge in [0.15, 0.2) is 0 Å². The van der Waals surface area contributed by atoms with E-state index in [4.69, 9.17) is 9.47 Å². The van der Waals surface area contributed by atoms with Crippen LogP contribution < -0.4 is 15.4 Å². The van der Waals surface area contributed by atoms with Crippen LogP contribution in [0.2, 0.25) is 0 Å². The molecule has 2 bridgehead atoms. The van der Waals surface area contributed by atoms with Crippen molar-refractivity contribution in [3.63, 3.8) is 0 Å². The van der Waals surface area contributed by atoms with Crippen LogP contribution in [-0.2, 0) is 19.1 Å². The third kappa shape index (κ3) is 4.93. The third-order valence-corrected chi connectivity index (χ3v) is 9.72. The van der Waals surface area contributed by atoms with Crippen LogP contribution in [0, 0.1) is 11.8 Å². The third-order valence-electron chi connectivity index (χ3n) is 9.72. The van der Waals surface area contributed by atoms with Crippen molar-refractivity contribution in [2.75, 3.05) is 11.9 Å². The molecule has 1 spiro atoms. The molecule has 2 saturated carbocycles. The van der Waals surface area contributed by atoms with Crippen molar-refractivity contribution in [1.82, 2.24) is 10.2 Å². The number of benzene rings is 1. The predicted octanol–water partition coefficient (Wildman–Crippen LogP) is 4.74. The van der Waals surface area contributed by atoms with Crippen molar-refractivity contribution in [3.8, 4) is 5.75 Å². The predicted molar refractivity (Wildman–Crippen MR) is 152 cm³/mol. The average molecular weight is 550 g/mol. The zero-order valence-electron chi connectivity index (χ0n) is 23.6. The Hall–Kier alpha value is -2.87. The number of hydrogen-bond acceptors (Lipinski definition) is 5. The minimum atomic E-state index is -1.11. The van der Waals surface area contributed by atoms with Crippen LogP contribution in [0.5, 0.6) is 5.75 Å². The van der Waals surface area contributed by atoms with E-state index in [0.717, 1.165) is 70.0 Å². The fraction of sp³-hybridized carbons (Fsp3) is 0.656. The second kappa shape index (κ2) is 11.6. The van der Waals surface area contributed by atoms with E-state index in [1.54, 1.807) is 12.1 Å². The largest absolute Gasteiger partial charge is 0.494 e. The summed E-state index contributed by atoms with van der Waals surface area (Å²) in [5.74, 6) is -1.14. The molecule has 0 radical (unpaired) electrons. The van der Waals surface area contributed by atoms with Gasteiger partial charge in [0.1, 0.15) is 17.4 Å². The molecule has 5 atom stereocenters. The molecule has 2 aliphatic carbocycles. The van der Waals surface area contributed by atoms with Gasteiger partial charge in [-0.3, -0.25) is 14.4 Å². The molecular formula is C32H43N3O5. The molecule has 0 aromatic heterocycles. The number of ether oxygens (including phenoxy) is 2. The standard InChI is InChI=1S/C32H43N3O5/c1-2-39-24-17-15-22(16-18-24)33-29(36)26-25-19-20-32(40-25)27(26)31(38)35(23-13-9-4-3-5-10-14-23)28(32)30(37)34-21-11-7-6-8-12-21/h15-21,23,25-28H,2-14H2,1H3,(H,33,36)(H,34,37)/t25-,26-,27-,28+,32-/m0/s1. The van der Waals surface area contributed by atoms with Crippen LogP contribution in [0.1, 0.15) is 84.0 Å². The summed E-state index contributed by atoms with van der Waals surface area (Å²) in [6, 6.07) is 6.62. The summed E-state index contributed by atoms with van der Waals surface area (Å²) in [4.78, 5) is 44.1. The molecule has 1 aromatic carbocycles. The molecule has 8 nitrogen and oxygen atoms in total. The topological polar surface area (TPSA) is 97.0 Å². The molecule has 216 valence electrons. The van der Waals surface area contributed by atoms with Gasteiger partial charge < -0.3 is 25.0 Å². The number of hydrogen-bond donors (Lipinski definition) is 2. The fourth-order valence-corrected chi connectivity index (χ4v) is 7.87. The van der Waals surface area contributed by atoms with E-state index in [9.17, 15) is 14.4 Å². The molecule has 1 aromatic rings. The van der Waals surface area contributed by atoms with Crippen LogP contribution in [0.15, 0.2) is 36.4 Å². The molecule has 5 aliphatic rings. The Morgan fingerprint density at radius 1 is 0.950 bits per heavy atom. The zero-order chi connectivity index (χ0) is 27.7. The van der Waals surface area contributed by atoms with Crippen LogP contribution >= 0.6 is 0 Å². The number of rotatable bonds is 7. The summed E-state index contributed by atoms with van der Waals surface area (Å²) in [5.41, 5.74) is -0.466. The molecule has 8 heteroatoms. The summed E-state index contributed by atoms with van der Waals surface area (Å²) in [6.07, 6.45) is 16.1. The van der Waals surface area contributed by atoms with E-state index >= 15 is 0 Å². The molecule has 3 heterocycles. The van der Waals surface area contributed by atoms with Gasteiger partial charge in [0.2, 0.25) is 17.7 Å². The second-order valence-corrected chi connectivity index (χ2v) is 12.2. The van der Waals surface area contributed by atoms with Crippen molar-refractivity contribution in [1.29, 1.82) is 0 Å². The summed E-state index contributed by atoms with van der Waals surface area (Å²) < 4.78 is 12.1. The van der Waals surface area contributed by atoms with Crippen LogP contribution in [0.4, 0.5) is 5.69 Å². The van der Waals surface area contributed by atoms with Gasteiger partial charge >= 0.3 is 0 Å². The Balaban J connectivity index is 1.29. The highest BCUT2D eigenvalue weighted by Gasteiger charge is 2.73. The molecule has 4 fully saturated rings. The Morgan fingerprint density at radius 3 is 2.30 bits per heavy atom. The zero-order valence-corrected chi connectivity index (χ0v) is 23.6. The van der Waals surface area contributed by atoms with Crippen molar-refractivity contribution in [2.45, 2.75) is 114 Å². The summed E-state index contributed by atoms with van der Waals surface area (Å²) in [5, 5.41) is 6.32. The highest BCUT2D eigenvalue weighted by Crippen LogP contribution is 2.56. The van der Waals surface area contributed by atoms with Gasteiger partial charge in [-0.25, -0.2) is 0 Å². The lowest BCUT2D eigenvalue weighted by Gasteiger charge is -2.38. The van der Waals surface area contributed by atoms with E-state index in [2.05, 4.69) is 10.6 Å². The monoisotopic (exact) mass is 549 g/mol. The second-order valence-electron chi connectivity index (χ2n) is 12.2. The van der Waals surface area contributed by atoms with Gasteiger partial charge in [-0.15, -0.1) is 0 Å². The first kappa shape index (κ1) is 27.3. The van der Waals surface area contributed by atoms with E-state index in [0.29, 0.717) is 12.3 Å². The van der Waals surface area contributed by atoms with Gasteiger partial charge in [-0.1, -0.05) is 63.5 Å². The van der Waals surface area contributed by atoms with E-state index < -0.39 is 29.6 Å². The Labute approximate surface area is 237 Å². The number of amides is 3. The summed E-state index contributed by atoms with van der Waals surface area (Å²) in [6.45, 7) is 2.49. The SMILES string of the molecule is CCOc1ccc(NC(=O)[C@H]2[C@@H]3C=C[C@]4(O3)[C@@H]2C(=O)N(C2CCCCCCC2)[C@@H]4C(=O)NC2CCCCC2)cc1. The molecule has 3 amide bonds. The maximum Gasteiger partial charge on any atom is 0.246 e. The highest BCUT2D eigenvalue weighted by molar-refractivity contribution is 6.03. The van der Waals surface area contributed by atoms with Crippen molar-refractivity contribution < 1.29 is 23.9 Å². The average Bonchev–Trinajstić information content (AvgIpc) is 3.58. The minimum Gasteiger partial charge on any atom is -0.494 e. The van der Waals surface area contributed by atoms with Crippen LogP contribution in [-0.4, -0.2) is 59.1 Å². The number of fused-ring (bicyclic) bond motifs is 1. The molecule has 2 N–H and O–H groups in total. The lowest BCUT2D eigenvalue weighted by Crippen LogP contribution is -2.58. The Bertz CT molecular complexity index is 1120. The molecule has 3 aliphatic heterocycles. The fourth-order valence-electron chi connectivity index (χ4n) is 7.87. The number of carbonyl (C=O) groups is 3. The molecule has 6 rings (SSSR count). The van der Waals surface area contributed by atoms with Gasteiger partial charge in [0.25, 0.3) is 0 Å². The van der Waals surface area contributed by atoms with E-state index in [-0.39, 0.29) is 29.8 Å². The normalized spacial score (nSPS) is 32.4. The molecular weight excluding hydrogens is 506 g/mol. The first-order chi connectivity index (χ1) is 19.5. The summed E-state index contributed by atoms with van der Waals surface area (Å²) in [7, 11) is 0. The van der Waals surface area contributed by atoms with Gasteiger partial charge in [0, 0.05) is 17.8 Å². The van der Waals surface area contributed by atoms with E-state index in [1.165, 1.54) is 12.8 Å². The first-order valence-corrected chi connectivity index (χ1v) is 15.6. The number of likely N-dealkylation sites (tertiary alicyclic amines) is 1. The lowest BCUT2D eigenvalue weighted by atomic mass is 9.74. The summed E-state index contributed by atoms with van der Waals surface area (Å²) >= 11 is 0. The van der Waals surface area contributed by atoms with Gasteiger partial charge in [0.05, 0.1) is 24.5 Å². The molecule has 40 heavy (non-hydrogen) atoms. The van der Waals surface area contributed by atoms with Crippen LogP contribution in [0.3, 0.4) is 0 Å². The number of anilines is 1. The van der Waals surface area contributed by atoms with E-state index in [1.807, 2.05) is 36.1 Å². The maximum atomic E-state index is 14.4. The van der Waals surface area contributed by atoms with Gasteiger partial charge in [-0.05, 0) is 56.9 Å². The van der Waals surface area contributed by atoms with Crippen molar-refractivity contribution >= 4 is 23.4 Å². The Morgan fingerprint density at radius 2 is 1.60 bits per heavy atom. The first-order valence-electron chi connectivity index (χ1n) is 15.6. The van der Waals surface area contributed by atoms with Crippen molar-refractivity contribution in [2.24, 2.45) is 11.8 Å². The lowest BCUT2D eigenvalue weighted by molar-refractivity contribution is -0.144. The quantitative estimate of drug-likeness (QED) is 0.479. The molecule has 0 unspecified atom stereocenters. The van der Waals surface area contributed by atoms with Crippen LogP contribution in [0.25, 0.3) is 0 Å². The molecule has 2 saturated heterocycles. The minimum absolute atomic E-state index is 0.0132. The Kier molecular flexibility index (Phi) is 7.89. The highest BCUT2D eigenvalue weighted by atomic mass is 16.5. The number of nitrogens with zero attached hydrogens (tertiary/aromatic N) is 1. The number of nitrogens with one attached hydrogen (secondary N) is 2. The smallest absolute Gasteiger partial charge is 0.246 e. The van der Waals surface area contributed by atoms with Crippen molar-refractivity contribution in [3.05, 3.63) is 36.4 Å². The van der Waals surface area contributed by atoms with Gasteiger partial charge in [-0.2, -0.15) is 0 Å². The maximum absolute atomic E-state index is 14.4.